The number of para-hydroxylation sites is 8. The lowest BCUT2D eigenvalue weighted by atomic mass is 10.1. The van der Waals surface area contributed by atoms with Crippen molar-refractivity contribution in [3.8, 4) is 40.4 Å². The van der Waals surface area contributed by atoms with Crippen molar-refractivity contribution in [2.75, 3.05) is 0 Å². The minimum absolute atomic E-state index is 0.0405. The fourth-order valence-electron chi connectivity index (χ4n) is 8.91. The molecule has 5 aromatic heterocycles. The number of hydrogen-bond donors (Lipinski definition) is 1. The highest BCUT2D eigenvalue weighted by molar-refractivity contribution is 9.10. The predicted octanol–water partition coefficient (Wildman–Crippen LogP) is 15.4. The smallest absolute Gasteiger partial charge is 0.495 e. The van der Waals surface area contributed by atoms with E-state index in [0.29, 0.717) is 30.6 Å². The van der Waals surface area contributed by atoms with E-state index < -0.39 is 0 Å². The molecule has 0 aliphatic carbocycles. The standard InChI is InChI=1S/C32H19N3O2.C18H11Br2N.C7H5BNO3/c1-2-8-22(9-3-1)35-27-16-14-20(31-33-25-10-4-6-12-29(25)36-31)18-23(27)24-19-21(15-17-28(24)35)32-34-26-11-5-7-13-30(26)37-32;19-12-6-8-17-15(10-12)16-11-13(20)7-9-18(16)21(17)14-4-2-1-3-5-14;10-8-12-7-9-5-3-1-2-4-6(5)11-7/h1-19H;1-11H;1-4,10H. The molecule has 0 aliphatic rings. The molecule has 0 bridgehead atoms. The van der Waals surface area contributed by atoms with Gasteiger partial charge in [-0.2, -0.15) is 4.98 Å². The minimum Gasteiger partial charge on any atom is -0.495 e. The Morgan fingerprint density at radius 3 is 1.19 bits per heavy atom. The van der Waals surface area contributed by atoms with Gasteiger partial charge in [-0.3, -0.25) is 0 Å². The minimum atomic E-state index is 0.0405. The van der Waals surface area contributed by atoms with Gasteiger partial charge in [0, 0.05) is 53.0 Å². The first-order chi connectivity index (χ1) is 34.5. The van der Waals surface area contributed by atoms with Gasteiger partial charge in [-0.1, -0.05) is 105 Å². The molecule has 335 valence electrons. The van der Waals surface area contributed by atoms with Crippen LogP contribution in [0.3, 0.4) is 0 Å². The van der Waals surface area contributed by atoms with Crippen molar-refractivity contribution >= 4 is 116 Å². The van der Waals surface area contributed by atoms with E-state index in [0.717, 1.165) is 69.8 Å². The molecule has 1 radical (unpaired) electrons. The third-order valence-electron chi connectivity index (χ3n) is 12.0. The summed E-state index contributed by atoms with van der Waals surface area (Å²) in [6.07, 6.45) is 0.0405. The van der Waals surface area contributed by atoms with E-state index in [9.17, 15) is 0 Å². The van der Waals surface area contributed by atoms with Crippen molar-refractivity contribution in [3.63, 3.8) is 0 Å². The summed E-state index contributed by atoms with van der Waals surface area (Å²) in [5, 5.41) is 13.0. The molecule has 14 aromatic rings. The Bertz CT molecular complexity index is 3910. The van der Waals surface area contributed by atoms with Gasteiger partial charge >= 0.3 is 13.8 Å². The number of fused-ring (bicyclic) bond motifs is 9. The first-order valence-corrected chi connectivity index (χ1v) is 23.8. The number of halogens is 2. The largest absolute Gasteiger partial charge is 0.572 e. The van der Waals surface area contributed by atoms with Crippen LogP contribution in [0.1, 0.15) is 0 Å². The van der Waals surface area contributed by atoms with Crippen molar-refractivity contribution in [3.05, 3.63) is 215 Å². The number of rotatable bonds is 6. The Labute approximate surface area is 416 Å². The van der Waals surface area contributed by atoms with Gasteiger partial charge in [0.25, 0.3) is 0 Å². The molecule has 13 heteroatoms. The van der Waals surface area contributed by atoms with E-state index in [1.165, 1.54) is 27.5 Å². The maximum atomic E-state index is 8.30. The van der Waals surface area contributed by atoms with Crippen LogP contribution in [0, 0.1) is 0 Å². The maximum absolute atomic E-state index is 8.30. The van der Waals surface area contributed by atoms with Crippen molar-refractivity contribution < 1.29 is 22.9 Å². The lowest BCUT2D eigenvalue weighted by Gasteiger charge is -2.07. The van der Waals surface area contributed by atoms with Gasteiger partial charge in [-0.05, 0) is 133 Å². The van der Waals surface area contributed by atoms with Gasteiger partial charge in [-0.15, -0.1) is 0 Å². The van der Waals surface area contributed by atoms with E-state index >= 15 is 0 Å². The molecular weight excluding hydrogens is 1010 g/mol. The van der Waals surface area contributed by atoms with E-state index in [2.05, 4.69) is 172 Å². The lowest BCUT2D eigenvalue weighted by Crippen LogP contribution is -1.99. The summed E-state index contributed by atoms with van der Waals surface area (Å²) in [6, 6.07) is 69.5. The van der Waals surface area contributed by atoms with Crippen LogP contribution in [-0.2, 0) is 0 Å². The Morgan fingerprint density at radius 1 is 0.400 bits per heavy atom. The zero-order valence-electron chi connectivity index (χ0n) is 36.8. The molecule has 70 heavy (non-hydrogen) atoms. The molecule has 0 amide bonds. The number of aromatic nitrogens is 5. The third-order valence-corrected chi connectivity index (χ3v) is 13.0. The first-order valence-electron chi connectivity index (χ1n) is 22.2. The molecule has 0 saturated carbocycles. The topological polar surface area (TPSA) is 117 Å². The van der Waals surface area contributed by atoms with Crippen LogP contribution in [0.15, 0.2) is 228 Å². The first kappa shape index (κ1) is 43.1. The van der Waals surface area contributed by atoms with Gasteiger partial charge in [0.05, 0.1) is 22.1 Å². The fraction of sp³-hybridized carbons (Fsp3) is 0. The summed E-state index contributed by atoms with van der Waals surface area (Å²) in [6.45, 7) is 0. The van der Waals surface area contributed by atoms with Crippen LogP contribution < -0.4 is 4.65 Å². The predicted molar refractivity (Wildman–Crippen MR) is 286 cm³/mol. The fourth-order valence-corrected chi connectivity index (χ4v) is 9.63. The monoisotopic (exact) mass is 1040 g/mol. The Kier molecular flexibility index (Phi) is 11.3. The van der Waals surface area contributed by atoms with E-state index in [4.69, 9.17) is 28.2 Å². The van der Waals surface area contributed by atoms with Gasteiger partial charge < -0.3 is 32.1 Å². The highest BCUT2D eigenvalue weighted by Gasteiger charge is 2.18. The molecule has 14 rings (SSSR count). The van der Waals surface area contributed by atoms with Crippen LogP contribution in [0.5, 0.6) is 6.08 Å². The molecule has 5 heterocycles. The molecule has 1 N–H and O–H groups in total. The lowest BCUT2D eigenvalue weighted by molar-refractivity contribution is 0.356. The maximum Gasteiger partial charge on any atom is 0.572 e. The summed E-state index contributed by atoms with van der Waals surface area (Å²) in [5.41, 5.74) is 13.4. The van der Waals surface area contributed by atoms with Crippen molar-refractivity contribution in [1.29, 1.82) is 0 Å². The van der Waals surface area contributed by atoms with Crippen LogP contribution in [0.2, 0.25) is 0 Å². The molecule has 0 spiro atoms. The molecule has 0 unspecified atom stereocenters. The summed E-state index contributed by atoms with van der Waals surface area (Å²) in [7, 11) is 0.532. The molecule has 0 saturated heterocycles. The van der Waals surface area contributed by atoms with E-state index in [1.54, 1.807) is 12.1 Å². The van der Waals surface area contributed by atoms with Crippen LogP contribution in [0.25, 0.3) is 111 Å². The SMILES string of the molecule is Brc1ccc2c(c1)c1cc(Br)ccc1n2-c1ccccc1.O[B]Oc1nc2ccccc2o1.c1ccc(-n2c3ccc(-c4nc5ccccc5o4)cc3c3cc(-c4nc5ccccc5o4)ccc32)cc1. The van der Waals surface area contributed by atoms with Crippen molar-refractivity contribution in [1.82, 2.24) is 24.1 Å². The Balaban J connectivity index is 0.000000128. The van der Waals surface area contributed by atoms with E-state index in [-0.39, 0.29) is 6.08 Å². The molecule has 10 nitrogen and oxygen atoms in total. The molecule has 9 aromatic carbocycles. The number of hydrogen-bond acceptors (Lipinski definition) is 8. The van der Waals surface area contributed by atoms with Crippen molar-refractivity contribution in [2.45, 2.75) is 0 Å². The van der Waals surface area contributed by atoms with Gasteiger partial charge in [0.15, 0.2) is 16.7 Å². The summed E-state index contributed by atoms with van der Waals surface area (Å²) in [4.78, 5) is 13.4. The second-order valence-corrected chi connectivity index (χ2v) is 18.1. The molecular formula is C57H35BBr2N5O5. The van der Waals surface area contributed by atoms with Crippen molar-refractivity contribution in [2.24, 2.45) is 0 Å². The second kappa shape index (κ2) is 18.4. The number of benzene rings is 9. The highest BCUT2D eigenvalue weighted by atomic mass is 79.9. The van der Waals surface area contributed by atoms with E-state index in [1.807, 2.05) is 72.8 Å². The molecule has 0 fully saturated rings. The second-order valence-electron chi connectivity index (χ2n) is 16.3. The molecule has 0 aliphatic heterocycles. The van der Waals surface area contributed by atoms with Gasteiger partial charge in [0.2, 0.25) is 11.8 Å². The Morgan fingerprint density at radius 2 is 0.771 bits per heavy atom. The van der Waals surface area contributed by atoms with Gasteiger partial charge in [-0.25, -0.2) is 9.97 Å². The summed E-state index contributed by atoms with van der Waals surface area (Å²) in [5.74, 6) is 1.22. The summed E-state index contributed by atoms with van der Waals surface area (Å²) < 4.78 is 28.6. The van der Waals surface area contributed by atoms with Gasteiger partial charge in [0.1, 0.15) is 16.6 Å². The zero-order chi connectivity index (χ0) is 47.1. The van der Waals surface area contributed by atoms with Crippen LogP contribution in [-0.4, -0.2) is 36.8 Å². The van der Waals surface area contributed by atoms with Crippen LogP contribution >= 0.6 is 31.9 Å². The summed E-state index contributed by atoms with van der Waals surface area (Å²) >= 11 is 7.16. The quantitative estimate of drug-likeness (QED) is 0.164. The third kappa shape index (κ3) is 8.09. The van der Waals surface area contributed by atoms with Crippen LogP contribution in [0.4, 0.5) is 0 Å². The average Bonchev–Trinajstić information content (AvgIpc) is 4.24. The number of oxazole rings is 3. The highest BCUT2D eigenvalue weighted by Crippen LogP contribution is 2.39. The zero-order valence-corrected chi connectivity index (χ0v) is 40.0. The molecule has 0 atom stereocenters. The average molecular weight is 1040 g/mol. The Hall–Kier alpha value is -8.23. The number of nitrogens with zero attached hydrogens (tertiary/aromatic N) is 5. The normalized spacial score (nSPS) is 11.4.